The number of fused-ring (bicyclic) bond motifs is 2. The van der Waals surface area contributed by atoms with E-state index in [2.05, 4.69) is 0 Å². The zero-order valence-corrected chi connectivity index (χ0v) is 10.9. The first-order valence-electron chi connectivity index (χ1n) is 6.71. The number of carbonyl (C=O) groups is 1. The molecule has 102 valence electrons. The van der Waals surface area contributed by atoms with Crippen LogP contribution in [0.4, 0.5) is 0 Å². The van der Waals surface area contributed by atoms with Crippen molar-refractivity contribution >= 4 is 5.97 Å². The number of ether oxygens (including phenoxy) is 4. The number of hydrogen-bond acceptors (Lipinski definition) is 5. The van der Waals surface area contributed by atoms with E-state index in [9.17, 15) is 4.79 Å². The molecule has 5 nitrogen and oxygen atoms in total. The van der Waals surface area contributed by atoms with E-state index in [0.717, 1.165) is 19.3 Å². The average Bonchev–Trinajstić information content (AvgIpc) is 2.45. The SMILES string of the molecule is C[C@@H]1OC[C@H]2O[C@H]3CCC(=O)O[C@]3(C)CC[C@@H]2O1. The van der Waals surface area contributed by atoms with Gasteiger partial charge in [0, 0.05) is 6.42 Å². The van der Waals surface area contributed by atoms with E-state index >= 15 is 0 Å². The third kappa shape index (κ3) is 2.15. The van der Waals surface area contributed by atoms with Crippen molar-refractivity contribution in [3.63, 3.8) is 0 Å². The van der Waals surface area contributed by atoms with Crippen molar-refractivity contribution in [1.82, 2.24) is 0 Å². The van der Waals surface area contributed by atoms with Gasteiger partial charge >= 0.3 is 5.97 Å². The third-order valence-corrected chi connectivity index (χ3v) is 4.18. The summed E-state index contributed by atoms with van der Waals surface area (Å²) in [6.07, 6.45) is 2.61. The fourth-order valence-corrected chi connectivity index (χ4v) is 3.09. The van der Waals surface area contributed by atoms with Crippen LogP contribution in [0.15, 0.2) is 0 Å². The second kappa shape index (κ2) is 4.47. The Morgan fingerprint density at radius 2 is 2.06 bits per heavy atom. The fraction of sp³-hybridized carbons (Fsp3) is 0.923. The van der Waals surface area contributed by atoms with Gasteiger partial charge in [-0.15, -0.1) is 0 Å². The minimum atomic E-state index is -0.501. The Morgan fingerprint density at radius 3 is 2.89 bits per heavy atom. The molecule has 0 amide bonds. The highest BCUT2D eigenvalue weighted by atomic mass is 16.7. The summed E-state index contributed by atoms with van der Waals surface area (Å²) >= 11 is 0. The predicted octanol–water partition coefficient (Wildman–Crippen LogP) is 1.39. The lowest BCUT2D eigenvalue weighted by Gasteiger charge is -2.40. The van der Waals surface area contributed by atoms with Crippen molar-refractivity contribution in [2.24, 2.45) is 0 Å². The fourth-order valence-electron chi connectivity index (χ4n) is 3.09. The highest BCUT2D eigenvalue weighted by molar-refractivity contribution is 5.71. The standard InChI is InChI=1S/C13H20O5/c1-8-15-7-10-9(16-8)5-6-13(2)11(17-10)3-4-12(14)18-13/h8-11H,3-7H2,1-2H3/t8-,9+,10-,11+,13-/m1/s1. The van der Waals surface area contributed by atoms with Crippen LogP contribution in [-0.2, 0) is 23.7 Å². The van der Waals surface area contributed by atoms with Gasteiger partial charge in [0.15, 0.2) is 6.29 Å². The predicted molar refractivity (Wildman–Crippen MR) is 61.9 cm³/mol. The third-order valence-electron chi connectivity index (χ3n) is 4.18. The average molecular weight is 256 g/mol. The maximum atomic E-state index is 11.5. The van der Waals surface area contributed by atoms with Crippen LogP contribution in [0.3, 0.4) is 0 Å². The minimum Gasteiger partial charge on any atom is -0.457 e. The summed E-state index contributed by atoms with van der Waals surface area (Å²) < 4.78 is 22.9. The molecule has 0 N–H and O–H groups in total. The molecule has 0 saturated carbocycles. The summed E-state index contributed by atoms with van der Waals surface area (Å²) in [5.41, 5.74) is -0.501. The molecule has 0 aromatic carbocycles. The summed E-state index contributed by atoms with van der Waals surface area (Å²) in [6, 6.07) is 0. The summed E-state index contributed by atoms with van der Waals surface area (Å²) in [4.78, 5) is 11.5. The van der Waals surface area contributed by atoms with Crippen molar-refractivity contribution in [3.05, 3.63) is 0 Å². The summed E-state index contributed by atoms with van der Waals surface area (Å²) in [7, 11) is 0. The summed E-state index contributed by atoms with van der Waals surface area (Å²) in [5, 5.41) is 0. The van der Waals surface area contributed by atoms with Crippen molar-refractivity contribution in [2.75, 3.05) is 6.61 Å². The summed E-state index contributed by atoms with van der Waals surface area (Å²) in [6.45, 7) is 4.43. The topological polar surface area (TPSA) is 54.0 Å². The van der Waals surface area contributed by atoms with Gasteiger partial charge in [0.1, 0.15) is 11.7 Å². The van der Waals surface area contributed by atoms with E-state index in [0.29, 0.717) is 13.0 Å². The number of carbonyl (C=O) groups excluding carboxylic acids is 1. The van der Waals surface area contributed by atoms with E-state index in [1.807, 2.05) is 13.8 Å². The molecular weight excluding hydrogens is 236 g/mol. The molecule has 3 saturated heterocycles. The Kier molecular flexibility index (Phi) is 3.08. The van der Waals surface area contributed by atoms with Gasteiger partial charge in [0.25, 0.3) is 0 Å². The van der Waals surface area contributed by atoms with Crippen LogP contribution in [-0.4, -0.2) is 42.8 Å². The van der Waals surface area contributed by atoms with E-state index in [1.165, 1.54) is 0 Å². The highest BCUT2D eigenvalue weighted by Gasteiger charge is 2.48. The molecular formula is C13H20O5. The molecule has 0 aromatic heterocycles. The Hall–Kier alpha value is -0.650. The van der Waals surface area contributed by atoms with Gasteiger partial charge in [-0.3, -0.25) is 4.79 Å². The van der Waals surface area contributed by atoms with Crippen LogP contribution < -0.4 is 0 Å². The maximum Gasteiger partial charge on any atom is 0.306 e. The van der Waals surface area contributed by atoms with E-state index in [-0.39, 0.29) is 30.6 Å². The molecule has 5 atom stereocenters. The van der Waals surface area contributed by atoms with Crippen LogP contribution in [0.2, 0.25) is 0 Å². The first-order chi connectivity index (χ1) is 8.57. The second-order valence-corrected chi connectivity index (χ2v) is 5.60. The molecule has 0 spiro atoms. The van der Waals surface area contributed by atoms with Gasteiger partial charge < -0.3 is 18.9 Å². The van der Waals surface area contributed by atoms with Crippen LogP contribution in [0.1, 0.15) is 39.5 Å². The Balaban J connectivity index is 1.77. The van der Waals surface area contributed by atoms with Gasteiger partial charge in [0.2, 0.25) is 0 Å². The van der Waals surface area contributed by atoms with Gasteiger partial charge in [-0.1, -0.05) is 0 Å². The van der Waals surface area contributed by atoms with E-state index in [4.69, 9.17) is 18.9 Å². The minimum absolute atomic E-state index is 0.0363. The van der Waals surface area contributed by atoms with Crippen molar-refractivity contribution in [2.45, 2.75) is 69.7 Å². The Labute approximate surface area is 107 Å². The normalized spacial score (nSPS) is 48.7. The van der Waals surface area contributed by atoms with Crippen LogP contribution in [0.25, 0.3) is 0 Å². The number of hydrogen-bond donors (Lipinski definition) is 0. The van der Waals surface area contributed by atoms with Crippen molar-refractivity contribution < 1.29 is 23.7 Å². The lowest BCUT2D eigenvalue weighted by atomic mass is 9.88. The molecule has 0 aromatic rings. The zero-order chi connectivity index (χ0) is 12.8. The molecule has 0 radical (unpaired) electrons. The Morgan fingerprint density at radius 1 is 1.22 bits per heavy atom. The van der Waals surface area contributed by atoms with Gasteiger partial charge in [-0.25, -0.2) is 0 Å². The van der Waals surface area contributed by atoms with Crippen LogP contribution in [0.5, 0.6) is 0 Å². The molecule has 5 heteroatoms. The first kappa shape index (κ1) is 12.4. The molecule has 0 aliphatic carbocycles. The molecule has 3 fully saturated rings. The molecule has 3 aliphatic rings. The number of esters is 1. The smallest absolute Gasteiger partial charge is 0.306 e. The first-order valence-corrected chi connectivity index (χ1v) is 6.71. The Bertz CT molecular complexity index is 344. The molecule has 3 rings (SSSR count). The lowest BCUT2D eigenvalue weighted by Crippen LogP contribution is -2.50. The molecule has 0 bridgehead atoms. The van der Waals surface area contributed by atoms with Crippen LogP contribution in [0, 0.1) is 0 Å². The largest absolute Gasteiger partial charge is 0.457 e. The van der Waals surface area contributed by atoms with Crippen molar-refractivity contribution in [1.29, 1.82) is 0 Å². The quantitative estimate of drug-likeness (QED) is 0.613. The highest BCUT2D eigenvalue weighted by Crippen LogP contribution is 2.38. The van der Waals surface area contributed by atoms with Gasteiger partial charge in [0.05, 0.1) is 18.8 Å². The number of rotatable bonds is 0. The molecule has 0 unspecified atom stereocenters. The molecule has 18 heavy (non-hydrogen) atoms. The molecule has 3 heterocycles. The van der Waals surface area contributed by atoms with E-state index < -0.39 is 5.60 Å². The van der Waals surface area contributed by atoms with Crippen LogP contribution >= 0.6 is 0 Å². The maximum absolute atomic E-state index is 11.5. The monoisotopic (exact) mass is 256 g/mol. The van der Waals surface area contributed by atoms with Gasteiger partial charge in [-0.05, 0) is 33.1 Å². The van der Waals surface area contributed by atoms with Crippen molar-refractivity contribution in [3.8, 4) is 0 Å². The lowest BCUT2D eigenvalue weighted by molar-refractivity contribution is -0.265. The molecule has 3 aliphatic heterocycles. The van der Waals surface area contributed by atoms with Gasteiger partial charge in [-0.2, -0.15) is 0 Å². The van der Waals surface area contributed by atoms with E-state index in [1.54, 1.807) is 0 Å². The summed E-state index contributed by atoms with van der Waals surface area (Å²) in [5.74, 6) is -0.118. The second-order valence-electron chi connectivity index (χ2n) is 5.60. The zero-order valence-electron chi connectivity index (χ0n) is 10.9.